The van der Waals surface area contributed by atoms with Crippen LogP contribution >= 0.6 is 0 Å². The highest BCUT2D eigenvalue weighted by atomic mass is 19.4. The molecule has 1 aliphatic carbocycles. The first kappa shape index (κ1) is 11.3. The van der Waals surface area contributed by atoms with Crippen molar-refractivity contribution in [2.24, 2.45) is 0 Å². The van der Waals surface area contributed by atoms with E-state index < -0.39 is 11.9 Å². The van der Waals surface area contributed by atoms with Crippen molar-refractivity contribution in [2.45, 2.75) is 24.9 Å². The van der Waals surface area contributed by atoms with Crippen LogP contribution in [0.15, 0.2) is 30.5 Å². The lowest BCUT2D eigenvalue weighted by Crippen LogP contribution is -2.04. The van der Waals surface area contributed by atoms with Gasteiger partial charge in [0, 0.05) is 5.56 Å². The molecule has 5 heteroatoms. The van der Waals surface area contributed by atoms with Crippen LogP contribution in [0.25, 0.3) is 11.4 Å². The van der Waals surface area contributed by atoms with Gasteiger partial charge in [-0.25, -0.2) is 4.98 Å². The molecule has 0 atom stereocenters. The number of alkyl halides is 3. The second-order valence-corrected chi connectivity index (χ2v) is 4.54. The van der Waals surface area contributed by atoms with E-state index in [4.69, 9.17) is 0 Å². The van der Waals surface area contributed by atoms with E-state index in [9.17, 15) is 13.2 Å². The molecule has 0 aliphatic heterocycles. The highest BCUT2D eigenvalue weighted by molar-refractivity contribution is 5.56. The third-order valence-corrected chi connectivity index (χ3v) is 3.11. The summed E-state index contributed by atoms with van der Waals surface area (Å²) in [5, 5.41) is 0. The van der Waals surface area contributed by atoms with Gasteiger partial charge in [-0.2, -0.15) is 13.2 Å². The van der Waals surface area contributed by atoms with E-state index in [2.05, 4.69) is 9.97 Å². The number of hydrogen-bond acceptors (Lipinski definition) is 1. The Bertz CT molecular complexity index is 550. The van der Waals surface area contributed by atoms with Crippen molar-refractivity contribution in [1.82, 2.24) is 9.97 Å². The minimum Gasteiger partial charge on any atom is -0.334 e. The van der Waals surface area contributed by atoms with Crippen LogP contribution in [-0.2, 0) is 6.18 Å². The Morgan fingerprint density at radius 1 is 1.11 bits per heavy atom. The van der Waals surface area contributed by atoms with Crippen LogP contribution in [0.4, 0.5) is 13.2 Å². The van der Waals surface area contributed by atoms with Crippen molar-refractivity contribution in [3.63, 3.8) is 0 Å². The molecular weight excluding hydrogens is 241 g/mol. The molecule has 1 fully saturated rings. The van der Waals surface area contributed by atoms with Crippen molar-refractivity contribution in [3.8, 4) is 11.4 Å². The smallest absolute Gasteiger partial charge is 0.334 e. The predicted octanol–water partition coefficient (Wildman–Crippen LogP) is 3.97. The second kappa shape index (κ2) is 3.86. The van der Waals surface area contributed by atoms with Crippen LogP contribution < -0.4 is 0 Å². The third-order valence-electron chi connectivity index (χ3n) is 3.11. The quantitative estimate of drug-likeness (QED) is 0.860. The summed E-state index contributed by atoms with van der Waals surface area (Å²) in [7, 11) is 0. The van der Waals surface area contributed by atoms with Gasteiger partial charge in [0.05, 0.1) is 6.20 Å². The van der Waals surface area contributed by atoms with Gasteiger partial charge in [-0.3, -0.25) is 0 Å². The van der Waals surface area contributed by atoms with E-state index in [0.717, 1.165) is 6.20 Å². The zero-order chi connectivity index (χ0) is 12.8. The number of nitrogens with zero attached hydrogens (tertiary/aromatic N) is 1. The van der Waals surface area contributed by atoms with Crippen LogP contribution in [-0.4, -0.2) is 9.97 Å². The van der Waals surface area contributed by atoms with Gasteiger partial charge in [0.2, 0.25) is 0 Å². The second-order valence-electron chi connectivity index (χ2n) is 4.54. The molecule has 0 amide bonds. The Morgan fingerprint density at radius 3 is 2.28 bits per heavy atom. The average molecular weight is 252 g/mol. The number of nitrogens with one attached hydrogen (secondary N) is 1. The molecule has 1 aromatic carbocycles. The molecule has 1 heterocycles. The van der Waals surface area contributed by atoms with E-state index in [0.29, 0.717) is 11.5 Å². The van der Waals surface area contributed by atoms with Gasteiger partial charge in [0.1, 0.15) is 11.5 Å². The van der Waals surface area contributed by atoms with Crippen LogP contribution in [0.5, 0.6) is 0 Å². The average Bonchev–Trinajstić information content (AvgIpc) is 3.05. The van der Waals surface area contributed by atoms with Crippen molar-refractivity contribution in [3.05, 3.63) is 41.7 Å². The fourth-order valence-electron chi connectivity index (χ4n) is 1.94. The summed E-state index contributed by atoms with van der Waals surface area (Å²) in [6.07, 6.45) is -1.14. The molecule has 1 N–H and O–H groups in total. The number of halogens is 3. The Labute approximate surface area is 102 Å². The number of aromatic amines is 1. The molecule has 0 radical (unpaired) electrons. The summed E-state index contributed by atoms with van der Waals surface area (Å²) < 4.78 is 37.3. The first-order chi connectivity index (χ1) is 8.54. The molecule has 0 unspecified atom stereocenters. The van der Waals surface area contributed by atoms with Gasteiger partial charge in [-0.05, 0) is 24.3 Å². The summed E-state index contributed by atoms with van der Waals surface area (Å²) >= 11 is 0. The largest absolute Gasteiger partial charge is 0.432 e. The molecule has 3 rings (SSSR count). The number of hydrogen-bond donors (Lipinski definition) is 1. The Hall–Kier alpha value is -1.78. The van der Waals surface area contributed by atoms with E-state index >= 15 is 0 Å². The molecule has 0 saturated heterocycles. The van der Waals surface area contributed by atoms with Gasteiger partial charge >= 0.3 is 6.18 Å². The Morgan fingerprint density at radius 2 is 1.78 bits per heavy atom. The van der Waals surface area contributed by atoms with E-state index in [1.54, 1.807) is 0 Å². The first-order valence-corrected chi connectivity index (χ1v) is 5.76. The molecule has 94 valence electrons. The lowest BCUT2D eigenvalue weighted by Gasteiger charge is -2.02. The lowest BCUT2D eigenvalue weighted by molar-refractivity contribution is -0.140. The van der Waals surface area contributed by atoms with Gasteiger partial charge in [-0.1, -0.05) is 24.3 Å². The summed E-state index contributed by atoms with van der Waals surface area (Å²) in [4.78, 5) is 6.07. The minimum absolute atomic E-state index is 0.254. The van der Waals surface area contributed by atoms with Crippen LogP contribution in [0.1, 0.15) is 30.0 Å². The van der Waals surface area contributed by atoms with Crippen LogP contribution in [0.2, 0.25) is 0 Å². The summed E-state index contributed by atoms with van der Waals surface area (Å²) in [6.45, 7) is 0. The highest BCUT2D eigenvalue weighted by Gasteiger charge is 2.33. The number of rotatable bonds is 2. The first-order valence-electron chi connectivity index (χ1n) is 5.76. The van der Waals surface area contributed by atoms with E-state index in [1.165, 1.54) is 18.4 Å². The monoisotopic (exact) mass is 252 g/mol. The third kappa shape index (κ3) is 2.12. The number of H-pyrrole nitrogens is 1. The topological polar surface area (TPSA) is 28.7 Å². The molecule has 1 saturated carbocycles. The van der Waals surface area contributed by atoms with Crippen molar-refractivity contribution in [1.29, 1.82) is 0 Å². The fraction of sp³-hybridized carbons (Fsp3) is 0.308. The van der Waals surface area contributed by atoms with Gasteiger partial charge in [-0.15, -0.1) is 0 Å². The zero-order valence-corrected chi connectivity index (χ0v) is 9.46. The minimum atomic E-state index is -4.38. The Kier molecular flexibility index (Phi) is 2.43. The fourth-order valence-corrected chi connectivity index (χ4v) is 1.94. The maximum Gasteiger partial charge on any atom is 0.432 e. The molecule has 1 aromatic heterocycles. The molecule has 1 aliphatic rings. The summed E-state index contributed by atoms with van der Waals surface area (Å²) in [5.74, 6) is 0.894. The Balaban J connectivity index is 1.87. The summed E-state index contributed by atoms with van der Waals surface area (Å²) in [6, 6.07) is 7.55. The normalized spacial score (nSPS) is 15.9. The van der Waals surface area contributed by atoms with Crippen molar-refractivity contribution < 1.29 is 13.2 Å². The summed E-state index contributed by atoms with van der Waals surface area (Å²) in [5.41, 5.74) is 1.11. The molecule has 0 spiro atoms. The molecular formula is C13H11F3N2. The molecule has 2 nitrogen and oxygen atoms in total. The maximum atomic E-state index is 12.4. The van der Waals surface area contributed by atoms with Gasteiger partial charge in [0.15, 0.2) is 0 Å². The lowest BCUT2D eigenvalue weighted by atomic mass is 10.1. The van der Waals surface area contributed by atoms with Crippen molar-refractivity contribution in [2.75, 3.05) is 0 Å². The molecule has 18 heavy (non-hydrogen) atoms. The molecule has 0 bridgehead atoms. The number of benzene rings is 1. The SMILES string of the molecule is FC(F)(F)c1cnc(-c2ccc(C3CC3)cc2)[nH]1. The maximum absolute atomic E-state index is 12.4. The molecule has 2 aromatic rings. The predicted molar refractivity (Wildman–Crippen MR) is 61.0 cm³/mol. The standard InChI is InChI=1S/C13H11F3N2/c14-13(15,16)11-7-17-12(18-11)10-5-3-9(4-6-10)8-1-2-8/h3-8H,1-2H2,(H,17,18). The highest BCUT2D eigenvalue weighted by Crippen LogP contribution is 2.40. The van der Waals surface area contributed by atoms with E-state index in [1.807, 2.05) is 24.3 Å². The number of imidazole rings is 1. The van der Waals surface area contributed by atoms with E-state index in [-0.39, 0.29) is 5.82 Å². The number of aromatic nitrogens is 2. The van der Waals surface area contributed by atoms with Crippen molar-refractivity contribution >= 4 is 0 Å². The zero-order valence-electron chi connectivity index (χ0n) is 9.46. The van der Waals surface area contributed by atoms with Gasteiger partial charge < -0.3 is 4.98 Å². The van der Waals surface area contributed by atoms with Crippen LogP contribution in [0.3, 0.4) is 0 Å². The van der Waals surface area contributed by atoms with Crippen LogP contribution in [0, 0.1) is 0 Å². The van der Waals surface area contributed by atoms with Gasteiger partial charge in [0.25, 0.3) is 0 Å².